The van der Waals surface area contributed by atoms with Crippen LogP contribution < -0.4 is 5.32 Å². The Labute approximate surface area is 98.0 Å². The van der Waals surface area contributed by atoms with Gasteiger partial charge in [0.15, 0.2) is 0 Å². The summed E-state index contributed by atoms with van der Waals surface area (Å²) in [7, 11) is 1.73. The van der Waals surface area contributed by atoms with Crippen molar-refractivity contribution in [3.63, 3.8) is 0 Å². The number of imidazole rings is 1. The highest BCUT2D eigenvalue weighted by atomic mass is 16.5. The van der Waals surface area contributed by atoms with Crippen LogP contribution in [0.5, 0.6) is 0 Å². The van der Waals surface area contributed by atoms with E-state index in [1.54, 1.807) is 7.11 Å². The van der Waals surface area contributed by atoms with Crippen molar-refractivity contribution in [2.24, 2.45) is 0 Å². The first-order valence-electron chi connectivity index (χ1n) is 6.05. The van der Waals surface area contributed by atoms with Crippen molar-refractivity contribution >= 4 is 5.95 Å². The number of nitrogens with one attached hydrogen (secondary N) is 1. The molecule has 0 saturated heterocycles. The molecule has 1 N–H and O–H groups in total. The van der Waals surface area contributed by atoms with Crippen molar-refractivity contribution in [2.75, 3.05) is 25.6 Å². The Morgan fingerprint density at radius 1 is 1.56 bits per heavy atom. The minimum Gasteiger partial charge on any atom is -0.385 e. The van der Waals surface area contributed by atoms with E-state index < -0.39 is 0 Å². The molecular weight excluding hydrogens is 202 g/mol. The molecule has 0 saturated carbocycles. The van der Waals surface area contributed by atoms with Crippen LogP contribution in [0.1, 0.15) is 39.2 Å². The Balaban J connectivity index is 2.43. The van der Waals surface area contributed by atoms with Gasteiger partial charge in [-0.25, -0.2) is 4.98 Å². The van der Waals surface area contributed by atoms with E-state index in [1.807, 2.05) is 12.4 Å². The van der Waals surface area contributed by atoms with Gasteiger partial charge in [0.1, 0.15) is 0 Å². The van der Waals surface area contributed by atoms with Crippen LogP contribution in [0.3, 0.4) is 0 Å². The molecule has 1 aromatic heterocycles. The quantitative estimate of drug-likeness (QED) is 0.691. The standard InChI is InChI=1S/C12H23N3O/c1-4-6-11(2)15-9-8-14-12(15)13-7-5-10-16-3/h8-9,11H,4-7,10H2,1-3H3,(H,13,14). The van der Waals surface area contributed by atoms with Crippen LogP contribution in [0.15, 0.2) is 12.4 Å². The Bertz CT molecular complexity index is 286. The number of rotatable bonds is 8. The number of nitrogens with zero attached hydrogens (tertiary/aromatic N) is 2. The summed E-state index contributed by atoms with van der Waals surface area (Å²) in [6.45, 7) is 6.13. The molecule has 0 amide bonds. The van der Waals surface area contributed by atoms with Crippen molar-refractivity contribution in [1.29, 1.82) is 0 Å². The predicted octanol–water partition coefficient (Wildman–Crippen LogP) is 2.69. The van der Waals surface area contributed by atoms with Gasteiger partial charge in [-0.05, 0) is 19.8 Å². The number of hydrogen-bond acceptors (Lipinski definition) is 3. The van der Waals surface area contributed by atoms with Crippen molar-refractivity contribution in [1.82, 2.24) is 9.55 Å². The first kappa shape index (κ1) is 13.0. The summed E-state index contributed by atoms with van der Waals surface area (Å²) in [5.74, 6) is 0.969. The van der Waals surface area contributed by atoms with E-state index in [0.29, 0.717) is 6.04 Å². The number of ether oxygens (including phenoxy) is 1. The molecule has 0 aliphatic rings. The zero-order valence-corrected chi connectivity index (χ0v) is 10.6. The normalized spacial score (nSPS) is 12.7. The van der Waals surface area contributed by atoms with Crippen LogP contribution in [0.4, 0.5) is 5.95 Å². The van der Waals surface area contributed by atoms with Crippen LogP contribution in [-0.4, -0.2) is 29.8 Å². The summed E-state index contributed by atoms with van der Waals surface area (Å²) in [4.78, 5) is 4.33. The minimum atomic E-state index is 0.512. The third kappa shape index (κ3) is 3.85. The maximum Gasteiger partial charge on any atom is 0.203 e. The molecule has 0 bridgehead atoms. The molecule has 4 nitrogen and oxygen atoms in total. The van der Waals surface area contributed by atoms with Gasteiger partial charge < -0.3 is 14.6 Å². The second-order valence-electron chi connectivity index (χ2n) is 4.07. The van der Waals surface area contributed by atoms with Gasteiger partial charge in [0.25, 0.3) is 0 Å². The first-order valence-corrected chi connectivity index (χ1v) is 6.05. The molecule has 4 heteroatoms. The first-order chi connectivity index (χ1) is 7.79. The highest BCUT2D eigenvalue weighted by molar-refractivity contribution is 5.26. The van der Waals surface area contributed by atoms with Gasteiger partial charge in [0.05, 0.1) is 0 Å². The monoisotopic (exact) mass is 225 g/mol. The second-order valence-corrected chi connectivity index (χ2v) is 4.07. The van der Waals surface area contributed by atoms with Crippen LogP contribution >= 0.6 is 0 Å². The molecule has 0 radical (unpaired) electrons. The Hall–Kier alpha value is -1.03. The second kappa shape index (κ2) is 7.28. The lowest BCUT2D eigenvalue weighted by molar-refractivity contribution is 0.197. The topological polar surface area (TPSA) is 39.1 Å². The lowest BCUT2D eigenvalue weighted by atomic mass is 10.2. The van der Waals surface area contributed by atoms with Crippen LogP contribution in [0, 0.1) is 0 Å². The third-order valence-corrected chi connectivity index (χ3v) is 2.66. The van der Waals surface area contributed by atoms with Crippen molar-refractivity contribution in [2.45, 2.75) is 39.2 Å². The highest BCUT2D eigenvalue weighted by Gasteiger charge is 2.08. The van der Waals surface area contributed by atoms with E-state index in [-0.39, 0.29) is 0 Å². The average molecular weight is 225 g/mol. The Morgan fingerprint density at radius 2 is 2.38 bits per heavy atom. The number of anilines is 1. The van der Waals surface area contributed by atoms with E-state index in [9.17, 15) is 0 Å². The SMILES string of the molecule is CCCC(C)n1ccnc1NCCCOC. The number of methoxy groups -OCH3 is 1. The molecule has 1 rings (SSSR count). The lowest BCUT2D eigenvalue weighted by Crippen LogP contribution is -2.12. The van der Waals surface area contributed by atoms with Gasteiger partial charge in [-0.2, -0.15) is 0 Å². The predicted molar refractivity (Wildman–Crippen MR) is 66.8 cm³/mol. The molecule has 0 aromatic carbocycles. The molecule has 0 aliphatic heterocycles. The van der Waals surface area contributed by atoms with Crippen molar-refractivity contribution in [3.05, 3.63) is 12.4 Å². The fourth-order valence-corrected chi connectivity index (χ4v) is 1.78. The summed E-state index contributed by atoms with van der Waals surface area (Å²) < 4.78 is 7.21. The molecule has 0 fully saturated rings. The lowest BCUT2D eigenvalue weighted by Gasteiger charge is -2.16. The maximum atomic E-state index is 5.01. The maximum absolute atomic E-state index is 5.01. The molecular formula is C12H23N3O. The van der Waals surface area contributed by atoms with E-state index in [0.717, 1.165) is 25.5 Å². The minimum absolute atomic E-state index is 0.512. The van der Waals surface area contributed by atoms with Gasteiger partial charge in [0, 0.05) is 38.7 Å². The number of aromatic nitrogens is 2. The smallest absolute Gasteiger partial charge is 0.203 e. The summed E-state index contributed by atoms with van der Waals surface area (Å²) >= 11 is 0. The molecule has 92 valence electrons. The molecule has 16 heavy (non-hydrogen) atoms. The van der Waals surface area contributed by atoms with Gasteiger partial charge in [-0.1, -0.05) is 13.3 Å². The zero-order chi connectivity index (χ0) is 11.8. The molecule has 1 heterocycles. The fourth-order valence-electron chi connectivity index (χ4n) is 1.78. The van der Waals surface area contributed by atoms with Gasteiger partial charge >= 0.3 is 0 Å². The van der Waals surface area contributed by atoms with Gasteiger partial charge in [-0.15, -0.1) is 0 Å². The molecule has 1 aromatic rings. The van der Waals surface area contributed by atoms with Crippen LogP contribution in [0.25, 0.3) is 0 Å². The van der Waals surface area contributed by atoms with E-state index in [1.165, 1.54) is 12.8 Å². The number of hydrogen-bond donors (Lipinski definition) is 1. The van der Waals surface area contributed by atoms with E-state index in [4.69, 9.17) is 4.74 Å². The Kier molecular flexibility index (Phi) is 5.93. The third-order valence-electron chi connectivity index (χ3n) is 2.66. The molecule has 0 spiro atoms. The van der Waals surface area contributed by atoms with E-state index in [2.05, 4.69) is 28.7 Å². The highest BCUT2D eigenvalue weighted by Crippen LogP contribution is 2.17. The van der Waals surface area contributed by atoms with Gasteiger partial charge in [-0.3, -0.25) is 0 Å². The van der Waals surface area contributed by atoms with Crippen molar-refractivity contribution < 1.29 is 4.74 Å². The summed E-state index contributed by atoms with van der Waals surface area (Å²) in [5.41, 5.74) is 0. The van der Waals surface area contributed by atoms with E-state index >= 15 is 0 Å². The van der Waals surface area contributed by atoms with Crippen molar-refractivity contribution in [3.8, 4) is 0 Å². The average Bonchev–Trinajstić information content (AvgIpc) is 2.73. The zero-order valence-electron chi connectivity index (χ0n) is 10.6. The van der Waals surface area contributed by atoms with Crippen LogP contribution in [0.2, 0.25) is 0 Å². The summed E-state index contributed by atoms with van der Waals surface area (Å²) in [6, 6.07) is 0.512. The van der Waals surface area contributed by atoms with Gasteiger partial charge in [0.2, 0.25) is 5.95 Å². The molecule has 0 aliphatic carbocycles. The molecule has 1 atom stereocenters. The molecule has 1 unspecified atom stereocenters. The summed E-state index contributed by atoms with van der Waals surface area (Å²) in [5, 5.41) is 3.34. The fraction of sp³-hybridized carbons (Fsp3) is 0.750. The Morgan fingerprint density at radius 3 is 3.06 bits per heavy atom. The van der Waals surface area contributed by atoms with Crippen LogP contribution in [-0.2, 0) is 4.74 Å². The largest absolute Gasteiger partial charge is 0.385 e. The summed E-state index contributed by atoms with van der Waals surface area (Å²) in [6.07, 6.45) is 7.28.